The molecule has 5 rings (SSSR count). The van der Waals surface area contributed by atoms with Gasteiger partial charge < -0.3 is 10.6 Å². The third-order valence-electron chi connectivity index (χ3n) is 5.29. The molecule has 0 atom stereocenters. The molecule has 0 unspecified atom stereocenters. The minimum atomic E-state index is 0.656. The molecule has 31 heavy (non-hydrogen) atoms. The highest BCUT2D eigenvalue weighted by Crippen LogP contribution is 2.32. The topological polar surface area (TPSA) is 66.0 Å². The molecule has 1 saturated heterocycles. The second kappa shape index (κ2) is 8.72. The number of anilines is 4. The largest absolute Gasteiger partial charge is 0.339 e. The van der Waals surface area contributed by atoms with E-state index in [1.165, 1.54) is 49.2 Å². The van der Waals surface area contributed by atoms with Crippen LogP contribution in [0.1, 0.15) is 24.0 Å². The molecule has 7 heteroatoms. The summed E-state index contributed by atoms with van der Waals surface area (Å²) in [7, 11) is 0. The Balaban J connectivity index is 1.33. The summed E-state index contributed by atoms with van der Waals surface area (Å²) in [5.41, 5.74) is 4.70. The van der Waals surface area contributed by atoms with Gasteiger partial charge in [0, 0.05) is 23.5 Å². The predicted octanol–water partition coefficient (Wildman–Crippen LogP) is 5.15. The van der Waals surface area contributed by atoms with Gasteiger partial charge in [-0.3, -0.25) is 4.90 Å². The lowest BCUT2D eigenvalue weighted by Crippen LogP contribution is -2.18. The Labute approximate surface area is 185 Å². The molecule has 0 amide bonds. The lowest BCUT2D eigenvalue weighted by molar-refractivity contribution is 0.331. The van der Waals surface area contributed by atoms with Crippen molar-refractivity contribution >= 4 is 44.0 Å². The summed E-state index contributed by atoms with van der Waals surface area (Å²) in [5, 5.41) is 7.51. The van der Waals surface area contributed by atoms with Gasteiger partial charge in [-0.15, -0.1) is 6.42 Å². The first-order chi connectivity index (χ1) is 15.3. The van der Waals surface area contributed by atoms with E-state index in [9.17, 15) is 0 Å². The molecule has 4 aromatic rings. The summed E-state index contributed by atoms with van der Waals surface area (Å²) in [5.74, 6) is 3.36. The van der Waals surface area contributed by atoms with E-state index < -0.39 is 0 Å². The molecule has 1 aliphatic heterocycles. The zero-order valence-corrected chi connectivity index (χ0v) is 17.8. The number of thiazole rings is 1. The standard InChI is InChI=1S/C24H22N6S/c1-2-17-6-5-7-20(14-17)27-22-21-23(26-16-25-22)29-24(31-21)28-19-10-8-18(9-11-19)15-30-12-3-4-13-30/h1,5-11,14,16H,3-4,12-13,15H2,(H2,25,26,27,28,29). The molecule has 0 saturated carbocycles. The fraction of sp³-hybridized carbons (Fsp3) is 0.208. The first kappa shape index (κ1) is 19.5. The number of rotatable bonds is 6. The van der Waals surface area contributed by atoms with E-state index in [1.807, 2.05) is 24.3 Å². The molecule has 3 heterocycles. The van der Waals surface area contributed by atoms with Crippen LogP contribution < -0.4 is 10.6 Å². The SMILES string of the molecule is C#Cc1cccc(Nc2ncnc3nc(Nc4ccc(CN5CCCC5)cc4)sc23)c1. The van der Waals surface area contributed by atoms with Gasteiger partial charge in [0.15, 0.2) is 16.6 Å². The van der Waals surface area contributed by atoms with Gasteiger partial charge in [-0.1, -0.05) is 35.5 Å². The summed E-state index contributed by atoms with van der Waals surface area (Å²) in [4.78, 5) is 15.9. The van der Waals surface area contributed by atoms with Gasteiger partial charge in [0.05, 0.1) is 0 Å². The quantitative estimate of drug-likeness (QED) is 0.416. The Morgan fingerprint density at radius 3 is 2.65 bits per heavy atom. The minimum Gasteiger partial charge on any atom is -0.339 e. The first-order valence-corrected chi connectivity index (χ1v) is 11.1. The van der Waals surface area contributed by atoms with Crippen molar-refractivity contribution in [1.82, 2.24) is 19.9 Å². The molecule has 6 nitrogen and oxygen atoms in total. The van der Waals surface area contributed by atoms with Crippen LogP contribution in [0.3, 0.4) is 0 Å². The molecule has 0 aliphatic carbocycles. The van der Waals surface area contributed by atoms with Gasteiger partial charge in [-0.05, 0) is 61.8 Å². The number of terminal acetylenes is 1. The maximum absolute atomic E-state index is 5.51. The summed E-state index contributed by atoms with van der Waals surface area (Å²) < 4.78 is 0.891. The minimum absolute atomic E-state index is 0.656. The molecular formula is C24H22N6S. The van der Waals surface area contributed by atoms with Crippen LogP contribution in [0.25, 0.3) is 10.3 Å². The van der Waals surface area contributed by atoms with Crippen LogP contribution in [-0.4, -0.2) is 32.9 Å². The van der Waals surface area contributed by atoms with Crippen LogP contribution in [0, 0.1) is 12.3 Å². The van der Waals surface area contributed by atoms with E-state index in [0.717, 1.165) is 33.3 Å². The van der Waals surface area contributed by atoms with Gasteiger partial charge in [0.25, 0.3) is 0 Å². The van der Waals surface area contributed by atoms with Gasteiger partial charge in [0.2, 0.25) is 0 Å². The Morgan fingerprint density at radius 1 is 1.00 bits per heavy atom. The summed E-state index contributed by atoms with van der Waals surface area (Å²) >= 11 is 1.52. The van der Waals surface area contributed by atoms with Gasteiger partial charge in [0.1, 0.15) is 11.0 Å². The highest BCUT2D eigenvalue weighted by Gasteiger charge is 2.13. The molecule has 154 valence electrons. The summed E-state index contributed by atoms with van der Waals surface area (Å²) in [6, 6.07) is 16.3. The van der Waals surface area contributed by atoms with Crippen LogP contribution >= 0.6 is 11.3 Å². The van der Waals surface area contributed by atoms with Crippen molar-refractivity contribution in [1.29, 1.82) is 0 Å². The number of benzene rings is 2. The highest BCUT2D eigenvalue weighted by molar-refractivity contribution is 7.22. The second-order valence-electron chi connectivity index (χ2n) is 7.55. The van der Waals surface area contributed by atoms with Crippen LogP contribution in [0.2, 0.25) is 0 Å². The Kier molecular flexibility index (Phi) is 5.48. The van der Waals surface area contributed by atoms with Crippen molar-refractivity contribution in [3.05, 3.63) is 66.0 Å². The average molecular weight is 427 g/mol. The Morgan fingerprint density at radius 2 is 1.84 bits per heavy atom. The van der Waals surface area contributed by atoms with E-state index in [2.05, 4.69) is 60.7 Å². The summed E-state index contributed by atoms with van der Waals surface area (Å²) in [6.45, 7) is 3.43. The van der Waals surface area contributed by atoms with Crippen LogP contribution in [0.4, 0.5) is 22.3 Å². The first-order valence-electron chi connectivity index (χ1n) is 10.3. The maximum atomic E-state index is 5.51. The molecule has 2 aromatic heterocycles. The lowest BCUT2D eigenvalue weighted by Gasteiger charge is -2.14. The zero-order chi connectivity index (χ0) is 21.0. The number of aromatic nitrogens is 3. The molecular weight excluding hydrogens is 404 g/mol. The zero-order valence-electron chi connectivity index (χ0n) is 17.0. The second-order valence-corrected chi connectivity index (χ2v) is 8.55. The van der Waals surface area contributed by atoms with E-state index in [-0.39, 0.29) is 0 Å². The van der Waals surface area contributed by atoms with Gasteiger partial charge in [-0.25, -0.2) is 9.97 Å². The third-order valence-corrected chi connectivity index (χ3v) is 6.26. The van der Waals surface area contributed by atoms with E-state index >= 15 is 0 Å². The number of likely N-dealkylation sites (tertiary alicyclic amines) is 1. The van der Waals surface area contributed by atoms with Gasteiger partial charge >= 0.3 is 0 Å². The molecule has 1 aliphatic rings. The van der Waals surface area contributed by atoms with Crippen LogP contribution in [-0.2, 0) is 6.54 Å². The number of fused-ring (bicyclic) bond motifs is 1. The molecule has 0 radical (unpaired) electrons. The molecule has 0 bridgehead atoms. The highest BCUT2D eigenvalue weighted by atomic mass is 32.1. The normalized spacial score (nSPS) is 13.9. The molecule has 2 N–H and O–H groups in total. The van der Waals surface area contributed by atoms with Crippen molar-refractivity contribution in [3.63, 3.8) is 0 Å². The third kappa shape index (κ3) is 4.50. The van der Waals surface area contributed by atoms with E-state index in [4.69, 9.17) is 6.42 Å². The number of nitrogens with zero attached hydrogens (tertiary/aromatic N) is 4. The molecule has 2 aromatic carbocycles. The predicted molar refractivity (Wildman–Crippen MR) is 127 cm³/mol. The average Bonchev–Trinajstić information content (AvgIpc) is 3.45. The van der Waals surface area contributed by atoms with Crippen LogP contribution in [0.5, 0.6) is 0 Å². The van der Waals surface area contributed by atoms with E-state index in [0.29, 0.717) is 11.5 Å². The lowest BCUT2D eigenvalue weighted by atomic mass is 10.2. The van der Waals surface area contributed by atoms with Crippen molar-refractivity contribution < 1.29 is 0 Å². The maximum Gasteiger partial charge on any atom is 0.189 e. The summed E-state index contributed by atoms with van der Waals surface area (Å²) in [6.07, 6.45) is 9.65. The smallest absolute Gasteiger partial charge is 0.189 e. The Bertz CT molecular complexity index is 1240. The van der Waals surface area contributed by atoms with Gasteiger partial charge in [-0.2, -0.15) is 4.98 Å². The number of hydrogen-bond donors (Lipinski definition) is 2. The number of nitrogens with one attached hydrogen (secondary N) is 2. The van der Waals surface area contributed by atoms with Crippen molar-refractivity contribution in [2.75, 3.05) is 23.7 Å². The number of hydrogen-bond acceptors (Lipinski definition) is 7. The van der Waals surface area contributed by atoms with Crippen molar-refractivity contribution in [3.8, 4) is 12.3 Å². The monoisotopic (exact) mass is 426 g/mol. The Hall–Kier alpha value is -3.47. The van der Waals surface area contributed by atoms with Crippen molar-refractivity contribution in [2.24, 2.45) is 0 Å². The fourth-order valence-corrected chi connectivity index (χ4v) is 4.62. The van der Waals surface area contributed by atoms with E-state index in [1.54, 1.807) is 0 Å². The molecule has 1 fully saturated rings. The van der Waals surface area contributed by atoms with Crippen LogP contribution in [0.15, 0.2) is 54.9 Å². The molecule has 0 spiro atoms. The van der Waals surface area contributed by atoms with Crippen molar-refractivity contribution in [2.45, 2.75) is 19.4 Å². The fourth-order valence-electron chi connectivity index (χ4n) is 3.74.